The van der Waals surface area contributed by atoms with Crippen molar-refractivity contribution in [3.05, 3.63) is 35.6 Å². The molecular weight excluding hydrogens is 207 g/mol. The standard InChI is InChI=1S/C12H17FN2O/c1-12(2,8-14)11(16)15-7-9-3-5-10(13)6-4-9/h3-6H,7-8,14H2,1-2H3,(H,15,16). The maximum absolute atomic E-state index is 12.6. The zero-order valence-electron chi connectivity index (χ0n) is 9.59. The number of benzene rings is 1. The Bertz CT molecular complexity index is 360. The van der Waals surface area contributed by atoms with Gasteiger partial charge in [-0.25, -0.2) is 4.39 Å². The van der Waals surface area contributed by atoms with E-state index in [1.807, 2.05) is 0 Å². The number of hydrogen-bond donors (Lipinski definition) is 2. The van der Waals surface area contributed by atoms with Gasteiger partial charge in [-0.1, -0.05) is 12.1 Å². The molecule has 1 amide bonds. The van der Waals surface area contributed by atoms with E-state index < -0.39 is 5.41 Å². The van der Waals surface area contributed by atoms with Gasteiger partial charge in [0.15, 0.2) is 0 Å². The lowest BCUT2D eigenvalue weighted by Gasteiger charge is -2.21. The number of amides is 1. The summed E-state index contributed by atoms with van der Waals surface area (Å²) in [7, 11) is 0. The van der Waals surface area contributed by atoms with Gasteiger partial charge in [0.25, 0.3) is 0 Å². The molecule has 0 bridgehead atoms. The fraction of sp³-hybridized carbons (Fsp3) is 0.417. The zero-order valence-corrected chi connectivity index (χ0v) is 9.59. The van der Waals surface area contributed by atoms with Crippen molar-refractivity contribution in [3.8, 4) is 0 Å². The summed E-state index contributed by atoms with van der Waals surface area (Å²) in [4.78, 5) is 11.7. The van der Waals surface area contributed by atoms with Crippen LogP contribution in [-0.2, 0) is 11.3 Å². The molecule has 4 heteroatoms. The number of halogens is 1. The fourth-order valence-electron chi connectivity index (χ4n) is 1.12. The van der Waals surface area contributed by atoms with Crippen molar-refractivity contribution in [1.82, 2.24) is 5.32 Å². The zero-order chi connectivity index (χ0) is 12.2. The number of carbonyl (C=O) groups is 1. The van der Waals surface area contributed by atoms with Gasteiger partial charge < -0.3 is 11.1 Å². The van der Waals surface area contributed by atoms with Crippen molar-refractivity contribution < 1.29 is 9.18 Å². The van der Waals surface area contributed by atoms with Gasteiger partial charge in [0.1, 0.15) is 5.82 Å². The van der Waals surface area contributed by atoms with Gasteiger partial charge in [-0.2, -0.15) is 0 Å². The molecule has 1 rings (SSSR count). The van der Waals surface area contributed by atoms with Crippen LogP contribution in [0.1, 0.15) is 19.4 Å². The summed E-state index contributed by atoms with van der Waals surface area (Å²) in [6.45, 7) is 4.25. The molecule has 0 aliphatic heterocycles. The highest BCUT2D eigenvalue weighted by atomic mass is 19.1. The SMILES string of the molecule is CC(C)(CN)C(=O)NCc1ccc(F)cc1. The van der Waals surface area contributed by atoms with Crippen LogP contribution < -0.4 is 11.1 Å². The van der Waals surface area contributed by atoms with E-state index in [4.69, 9.17) is 5.73 Å². The minimum Gasteiger partial charge on any atom is -0.352 e. The summed E-state index contributed by atoms with van der Waals surface area (Å²) in [5.41, 5.74) is 5.78. The Morgan fingerprint density at radius 1 is 1.38 bits per heavy atom. The summed E-state index contributed by atoms with van der Waals surface area (Å²) in [6.07, 6.45) is 0. The Kier molecular flexibility index (Phi) is 4.01. The van der Waals surface area contributed by atoms with Crippen molar-refractivity contribution in [2.75, 3.05) is 6.54 Å². The van der Waals surface area contributed by atoms with Crippen LogP contribution in [0.3, 0.4) is 0 Å². The largest absolute Gasteiger partial charge is 0.352 e. The van der Waals surface area contributed by atoms with Crippen LogP contribution in [0.4, 0.5) is 4.39 Å². The molecule has 1 aromatic rings. The van der Waals surface area contributed by atoms with Crippen LogP contribution in [0.2, 0.25) is 0 Å². The van der Waals surface area contributed by atoms with Crippen molar-refractivity contribution in [2.24, 2.45) is 11.1 Å². The average molecular weight is 224 g/mol. The minimum atomic E-state index is -0.569. The predicted molar refractivity (Wildman–Crippen MR) is 61.1 cm³/mol. The molecule has 16 heavy (non-hydrogen) atoms. The van der Waals surface area contributed by atoms with E-state index >= 15 is 0 Å². The van der Waals surface area contributed by atoms with Gasteiger partial charge in [-0.15, -0.1) is 0 Å². The molecule has 0 radical (unpaired) electrons. The monoisotopic (exact) mass is 224 g/mol. The molecule has 0 atom stereocenters. The van der Waals surface area contributed by atoms with E-state index in [1.54, 1.807) is 26.0 Å². The third kappa shape index (κ3) is 3.31. The normalized spacial score (nSPS) is 11.2. The minimum absolute atomic E-state index is 0.0978. The maximum atomic E-state index is 12.6. The topological polar surface area (TPSA) is 55.1 Å². The van der Waals surface area contributed by atoms with Crippen molar-refractivity contribution in [1.29, 1.82) is 0 Å². The molecule has 0 saturated carbocycles. The van der Waals surface area contributed by atoms with Crippen LogP contribution in [0.25, 0.3) is 0 Å². The first-order valence-corrected chi connectivity index (χ1v) is 5.18. The molecule has 0 heterocycles. The third-order valence-corrected chi connectivity index (χ3v) is 2.49. The van der Waals surface area contributed by atoms with Gasteiger partial charge in [0.05, 0.1) is 5.41 Å². The van der Waals surface area contributed by atoms with E-state index in [1.165, 1.54) is 12.1 Å². The summed E-state index contributed by atoms with van der Waals surface area (Å²) in [6, 6.07) is 6.03. The van der Waals surface area contributed by atoms with E-state index in [-0.39, 0.29) is 11.7 Å². The summed E-state index contributed by atoms with van der Waals surface area (Å²) < 4.78 is 12.6. The first-order valence-electron chi connectivity index (χ1n) is 5.18. The quantitative estimate of drug-likeness (QED) is 0.812. The highest BCUT2D eigenvalue weighted by molar-refractivity contribution is 5.81. The van der Waals surface area contributed by atoms with Gasteiger partial charge in [-0.3, -0.25) is 4.79 Å². The Labute approximate surface area is 94.8 Å². The van der Waals surface area contributed by atoms with E-state index in [0.29, 0.717) is 13.1 Å². The fourth-order valence-corrected chi connectivity index (χ4v) is 1.12. The molecule has 0 unspecified atom stereocenters. The Morgan fingerprint density at radius 2 is 1.94 bits per heavy atom. The lowest BCUT2D eigenvalue weighted by molar-refractivity contribution is -0.129. The molecule has 0 spiro atoms. The molecular formula is C12H17FN2O. The van der Waals surface area contributed by atoms with Crippen molar-refractivity contribution in [3.63, 3.8) is 0 Å². The molecule has 0 aliphatic carbocycles. The number of carbonyl (C=O) groups excluding carboxylic acids is 1. The van der Waals surface area contributed by atoms with Gasteiger partial charge in [0, 0.05) is 13.1 Å². The first kappa shape index (κ1) is 12.6. The molecule has 88 valence electrons. The van der Waals surface area contributed by atoms with E-state index in [2.05, 4.69) is 5.32 Å². The van der Waals surface area contributed by atoms with E-state index in [9.17, 15) is 9.18 Å². The molecule has 3 N–H and O–H groups in total. The second kappa shape index (κ2) is 5.07. The molecule has 0 aliphatic rings. The number of nitrogens with two attached hydrogens (primary N) is 1. The Balaban J connectivity index is 2.52. The van der Waals surface area contributed by atoms with Crippen LogP contribution in [-0.4, -0.2) is 12.5 Å². The van der Waals surface area contributed by atoms with Gasteiger partial charge in [-0.05, 0) is 31.5 Å². The summed E-state index contributed by atoms with van der Waals surface area (Å²) >= 11 is 0. The number of rotatable bonds is 4. The second-order valence-corrected chi connectivity index (χ2v) is 4.40. The smallest absolute Gasteiger partial charge is 0.227 e. The van der Waals surface area contributed by atoms with Crippen LogP contribution in [0, 0.1) is 11.2 Å². The number of hydrogen-bond acceptors (Lipinski definition) is 2. The first-order chi connectivity index (χ1) is 7.45. The summed E-state index contributed by atoms with van der Waals surface area (Å²) in [5.74, 6) is -0.378. The molecule has 3 nitrogen and oxygen atoms in total. The van der Waals surface area contributed by atoms with Gasteiger partial charge >= 0.3 is 0 Å². The second-order valence-electron chi connectivity index (χ2n) is 4.40. The molecule has 1 aromatic carbocycles. The van der Waals surface area contributed by atoms with Crippen LogP contribution in [0.5, 0.6) is 0 Å². The lowest BCUT2D eigenvalue weighted by atomic mass is 9.92. The highest BCUT2D eigenvalue weighted by Crippen LogP contribution is 2.12. The Morgan fingerprint density at radius 3 is 2.44 bits per heavy atom. The van der Waals surface area contributed by atoms with Crippen molar-refractivity contribution >= 4 is 5.91 Å². The van der Waals surface area contributed by atoms with Gasteiger partial charge in [0.2, 0.25) is 5.91 Å². The molecule has 0 fully saturated rings. The van der Waals surface area contributed by atoms with Crippen LogP contribution >= 0.6 is 0 Å². The molecule has 0 saturated heterocycles. The molecule has 0 aromatic heterocycles. The average Bonchev–Trinajstić information content (AvgIpc) is 2.28. The Hall–Kier alpha value is -1.42. The van der Waals surface area contributed by atoms with E-state index in [0.717, 1.165) is 5.56 Å². The predicted octanol–water partition coefficient (Wildman–Crippen LogP) is 1.43. The highest BCUT2D eigenvalue weighted by Gasteiger charge is 2.25. The maximum Gasteiger partial charge on any atom is 0.227 e. The number of nitrogens with one attached hydrogen (secondary N) is 1. The third-order valence-electron chi connectivity index (χ3n) is 2.49. The van der Waals surface area contributed by atoms with Crippen molar-refractivity contribution in [2.45, 2.75) is 20.4 Å². The lowest BCUT2D eigenvalue weighted by Crippen LogP contribution is -2.41. The van der Waals surface area contributed by atoms with Crippen LogP contribution in [0.15, 0.2) is 24.3 Å². The summed E-state index contributed by atoms with van der Waals surface area (Å²) in [5, 5.41) is 2.77.